The lowest BCUT2D eigenvalue weighted by Crippen LogP contribution is -2.45. The van der Waals surface area contributed by atoms with Crippen molar-refractivity contribution in [2.24, 2.45) is 23.2 Å². The summed E-state index contributed by atoms with van der Waals surface area (Å²) in [6.07, 6.45) is 5.76. The summed E-state index contributed by atoms with van der Waals surface area (Å²) in [6, 6.07) is 8.04. The molecule has 4 nitrogen and oxygen atoms in total. The lowest BCUT2D eigenvalue weighted by molar-refractivity contribution is -0.146. The molecule has 0 amide bonds. The Kier molecular flexibility index (Phi) is 5.02. The molecule has 1 heterocycles. The van der Waals surface area contributed by atoms with Crippen LogP contribution >= 0.6 is 0 Å². The lowest BCUT2D eigenvalue weighted by Gasteiger charge is -2.50. The van der Waals surface area contributed by atoms with E-state index in [0.717, 1.165) is 31.6 Å². The summed E-state index contributed by atoms with van der Waals surface area (Å²) in [5.41, 5.74) is 2.85. The molecule has 2 aliphatic carbocycles. The second-order valence-corrected chi connectivity index (χ2v) is 8.88. The summed E-state index contributed by atoms with van der Waals surface area (Å²) in [6.45, 7) is 8.17. The van der Waals surface area contributed by atoms with Gasteiger partial charge in [-0.1, -0.05) is 31.2 Å². The van der Waals surface area contributed by atoms with Crippen LogP contribution in [0.15, 0.2) is 36.4 Å². The van der Waals surface area contributed by atoms with Crippen molar-refractivity contribution in [2.75, 3.05) is 13.7 Å². The van der Waals surface area contributed by atoms with E-state index in [0.29, 0.717) is 18.4 Å². The summed E-state index contributed by atoms with van der Waals surface area (Å²) in [4.78, 5) is 12.6. The van der Waals surface area contributed by atoms with Crippen molar-refractivity contribution in [1.29, 1.82) is 0 Å². The van der Waals surface area contributed by atoms with Gasteiger partial charge in [-0.3, -0.25) is 4.79 Å². The SMILES string of the molecule is C=C1CCCC2(C)CC3OC(=O)C(CNCc4ccc(OC)cc4)C3CC12. The van der Waals surface area contributed by atoms with E-state index in [1.165, 1.54) is 24.0 Å². The second-order valence-electron chi connectivity index (χ2n) is 8.88. The molecule has 1 aromatic carbocycles. The van der Waals surface area contributed by atoms with Crippen LogP contribution in [0.1, 0.15) is 44.6 Å². The predicted molar refractivity (Wildman–Crippen MR) is 105 cm³/mol. The Hall–Kier alpha value is -1.81. The van der Waals surface area contributed by atoms with E-state index in [-0.39, 0.29) is 23.4 Å². The fraction of sp³-hybridized carbons (Fsp3) is 0.609. The van der Waals surface area contributed by atoms with E-state index in [1.807, 2.05) is 12.1 Å². The fourth-order valence-corrected chi connectivity index (χ4v) is 5.60. The van der Waals surface area contributed by atoms with E-state index in [9.17, 15) is 4.79 Å². The number of fused-ring (bicyclic) bond motifs is 2. The highest BCUT2D eigenvalue weighted by Gasteiger charge is 2.54. The van der Waals surface area contributed by atoms with Crippen molar-refractivity contribution in [3.8, 4) is 5.75 Å². The number of ether oxygens (including phenoxy) is 2. The number of nitrogens with one attached hydrogen (secondary N) is 1. The summed E-state index contributed by atoms with van der Waals surface area (Å²) >= 11 is 0. The van der Waals surface area contributed by atoms with Crippen LogP contribution < -0.4 is 10.1 Å². The van der Waals surface area contributed by atoms with Crippen molar-refractivity contribution < 1.29 is 14.3 Å². The number of carbonyl (C=O) groups is 1. The van der Waals surface area contributed by atoms with Crippen molar-refractivity contribution in [3.63, 3.8) is 0 Å². The van der Waals surface area contributed by atoms with Crippen LogP contribution in [0.5, 0.6) is 5.75 Å². The maximum Gasteiger partial charge on any atom is 0.310 e. The zero-order valence-corrected chi connectivity index (χ0v) is 16.5. The minimum atomic E-state index is -0.0347. The largest absolute Gasteiger partial charge is 0.497 e. The van der Waals surface area contributed by atoms with Crippen LogP contribution in [0.3, 0.4) is 0 Å². The molecule has 27 heavy (non-hydrogen) atoms. The molecule has 0 radical (unpaired) electrons. The summed E-state index contributed by atoms with van der Waals surface area (Å²) in [5.74, 6) is 1.69. The molecule has 0 bridgehead atoms. The smallest absolute Gasteiger partial charge is 0.310 e. The number of benzene rings is 1. The number of rotatable bonds is 5. The quantitative estimate of drug-likeness (QED) is 0.627. The molecular weight excluding hydrogens is 338 g/mol. The van der Waals surface area contributed by atoms with Crippen molar-refractivity contribution >= 4 is 5.97 Å². The van der Waals surface area contributed by atoms with Gasteiger partial charge in [-0.2, -0.15) is 0 Å². The first-order chi connectivity index (χ1) is 13.0. The highest BCUT2D eigenvalue weighted by molar-refractivity contribution is 5.75. The Labute approximate surface area is 162 Å². The average molecular weight is 370 g/mol. The molecule has 1 saturated heterocycles. The van der Waals surface area contributed by atoms with Gasteiger partial charge in [0.25, 0.3) is 0 Å². The summed E-state index contributed by atoms with van der Waals surface area (Å²) in [5, 5.41) is 3.47. The van der Waals surface area contributed by atoms with Gasteiger partial charge in [-0.15, -0.1) is 0 Å². The van der Waals surface area contributed by atoms with E-state index >= 15 is 0 Å². The van der Waals surface area contributed by atoms with Crippen molar-refractivity contribution in [2.45, 2.75) is 51.7 Å². The van der Waals surface area contributed by atoms with Gasteiger partial charge in [0.1, 0.15) is 11.9 Å². The molecule has 1 aromatic rings. The van der Waals surface area contributed by atoms with E-state index in [1.54, 1.807) is 7.11 Å². The van der Waals surface area contributed by atoms with Crippen LogP contribution in [0.2, 0.25) is 0 Å². The van der Waals surface area contributed by atoms with Crippen LogP contribution in [0, 0.1) is 23.2 Å². The maximum absolute atomic E-state index is 12.6. The number of carbonyl (C=O) groups excluding carboxylic acids is 1. The number of methoxy groups -OCH3 is 1. The summed E-state index contributed by atoms with van der Waals surface area (Å²) < 4.78 is 11.0. The molecule has 0 aromatic heterocycles. The topological polar surface area (TPSA) is 47.6 Å². The third-order valence-electron chi connectivity index (χ3n) is 7.17. The molecule has 5 unspecified atom stereocenters. The Bertz CT molecular complexity index is 713. The van der Waals surface area contributed by atoms with Gasteiger partial charge in [0.05, 0.1) is 13.0 Å². The fourth-order valence-electron chi connectivity index (χ4n) is 5.60. The molecule has 0 spiro atoms. The minimum absolute atomic E-state index is 0.0138. The molecule has 4 heteroatoms. The molecule has 5 atom stereocenters. The normalized spacial score (nSPS) is 35.3. The Morgan fingerprint density at radius 2 is 2.11 bits per heavy atom. The molecule has 3 aliphatic rings. The number of hydrogen-bond acceptors (Lipinski definition) is 4. The molecule has 3 fully saturated rings. The third-order valence-corrected chi connectivity index (χ3v) is 7.17. The first-order valence-electron chi connectivity index (χ1n) is 10.2. The number of hydrogen-bond donors (Lipinski definition) is 1. The standard InChI is InChI=1S/C23H31NO3/c1-15-5-4-10-23(2)12-21-18(11-20(15)23)19(22(25)27-21)14-24-13-16-6-8-17(26-3)9-7-16/h6-9,18-21,24H,1,4-5,10-14H2,2-3H3. The van der Waals surface area contributed by atoms with Gasteiger partial charge < -0.3 is 14.8 Å². The average Bonchev–Trinajstić information content (AvgIpc) is 2.95. The van der Waals surface area contributed by atoms with Crippen molar-refractivity contribution in [3.05, 3.63) is 42.0 Å². The van der Waals surface area contributed by atoms with Gasteiger partial charge in [0.2, 0.25) is 0 Å². The molecule has 4 rings (SSSR count). The number of allylic oxidation sites excluding steroid dienone is 1. The summed E-state index contributed by atoms with van der Waals surface area (Å²) in [7, 11) is 1.67. The van der Waals surface area contributed by atoms with Crippen LogP contribution in [0.4, 0.5) is 0 Å². The van der Waals surface area contributed by atoms with Crippen LogP contribution in [-0.2, 0) is 16.1 Å². The second kappa shape index (κ2) is 7.31. The van der Waals surface area contributed by atoms with Gasteiger partial charge in [0.15, 0.2) is 0 Å². The highest BCUT2D eigenvalue weighted by Crippen LogP contribution is 2.56. The Balaban J connectivity index is 1.38. The first-order valence-corrected chi connectivity index (χ1v) is 10.2. The van der Waals surface area contributed by atoms with Gasteiger partial charge in [-0.05, 0) is 61.1 Å². The van der Waals surface area contributed by atoms with Gasteiger partial charge in [-0.25, -0.2) is 0 Å². The molecule has 1 aliphatic heterocycles. The monoisotopic (exact) mass is 369 g/mol. The molecule has 2 saturated carbocycles. The first kappa shape index (κ1) is 18.5. The van der Waals surface area contributed by atoms with Gasteiger partial charge in [0, 0.05) is 19.0 Å². The molecule has 146 valence electrons. The lowest BCUT2D eigenvalue weighted by atomic mass is 9.55. The highest BCUT2D eigenvalue weighted by atomic mass is 16.6. The minimum Gasteiger partial charge on any atom is -0.497 e. The Morgan fingerprint density at radius 1 is 1.33 bits per heavy atom. The van der Waals surface area contributed by atoms with Crippen LogP contribution in [-0.4, -0.2) is 25.7 Å². The predicted octanol–water partition coefficient (Wildman–Crippen LogP) is 4.10. The van der Waals surface area contributed by atoms with E-state index < -0.39 is 0 Å². The maximum atomic E-state index is 12.6. The molecular formula is C23H31NO3. The van der Waals surface area contributed by atoms with Crippen molar-refractivity contribution in [1.82, 2.24) is 5.32 Å². The van der Waals surface area contributed by atoms with E-state index in [2.05, 4.69) is 31.0 Å². The third kappa shape index (κ3) is 3.52. The Morgan fingerprint density at radius 3 is 2.85 bits per heavy atom. The van der Waals surface area contributed by atoms with E-state index in [4.69, 9.17) is 9.47 Å². The van der Waals surface area contributed by atoms with Gasteiger partial charge >= 0.3 is 5.97 Å². The molecule has 1 N–H and O–H groups in total. The number of esters is 1. The zero-order valence-electron chi connectivity index (χ0n) is 16.5. The zero-order chi connectivity index (χ0) is 19.0. The van der Waals surface area contributed by atoms with Crippen LogP contribution in [0.25, 0.3) is 0 Å².